The normalized spacial score (nSPS) is 18.7. The third kappa shape index (κ3) is 5.71. The molecule has 36 heavy (non-hydrogen) atoms. The van der Waals surface area contributed by atoms with Crippen LogP contribution < -0.4 is 15.0 Å². The van der Waals surface area contributed by atoms with Crippen molar-refractivity contribution in [3.05, 3.63) is 41.7 Å². The summed E-state index contributed by atoms with van der Waals surface area (Å²) in [5, 5.41) is 17.7. The fourth-order valence-corrected chi connectivity index (χ4v) is 4.90. The molecule has 2 saturated heterocycles. The fourth-order valence-electron chi connectivity index (χ4n) is 4.90. The molecular weight excluding hydrogens is 460 g/mol. The molecular formula is C26H36N6O4. The Balaban J connectivity index is 1.28. The van der Waals surface area contributed by atoms with Crippen molar-refractivity contribution in [3.8, 4) is 5.88 Å². The van der Waals surface area contributed by atoms with Crippen LogP contribution in [0.15, 0.2) is 30.6 Å². The number of anilines is 2. The van der Waals surface area contributed by atoms with Gasteiger partial charge in [-0.05, 0) is 37.7 Å². The predicted molar refractivity (Wildman–Crippen MR) is 136 cm³/mol. The maximum Gasteiger partial charge on any atom is 0.213 e. The second kappa shape index (κ2) is 11.9. The largest absolute Gasteiger partial charge is 0.477 e. The molecule has 2 aliphatic heterocycles. The number of pyridine rings is 1. The molecule has 5 rings (SSSR count). The zero-order valence-corrected chi connectivity index (χ0v) is 20.9. The van der Waals surface area contributed by atoms with Crippen molar-refractivity contribution in [2.75, 3.05) is 43.2 Å². The zero-order valence-electron chi connectivity index (χ0n) is 20.9. The zero-order chi connectivity index (χ0) is 24.7. The molecule has 194 valence electrons. The van der Waals surface area contributed by atoms with Crippen molar-refractivity contribution >= 4 is 17.3 Å². The van der Waals surface area contributed by atoms with Gasteiger partial charge in [-0.1, -0.05) is 13.0 Å². The van der Waals surface area contributed by atoms with Gasteiger partial charge in [-0.25, -0.2) is 9.97 Å². The molecule has 10 heteroatoms. The number of nitrogens with zero attached hydrogens (tertiary/aromatic N) is 5. The maximum absolute atomic E-state index is 9.59. The van der Waals surface area contributed by atoms with Crippen molar-refractivity contribution in [1.82, 2.24) is 19.6 Å². The molecule has 5 heterocycles. The number of piperidine rings is 1. The maximum atomic E-state index is 9.59. The van der Waals surface area contributed by atoms with Gasteiger partial charge in [-0.2, -0.15) is 9.61 Å². The van der Waals surface area contributed by atoms with E-state index in [4.69, 9.17) is 19.2 Å². The number of aliphatic hydroxyl groups excluding tert-OH is 1. The van der Waals surface area contributed by atoms with Crippen LogP contribution in [0, 0.1) is 0 Å². The van der Waals surface area contributed by atoms with Gasteiger partial charge in [0.15, 0.2) is 11.9 Å². The van der Waals surface area contributed by atoms with Crippen LogP contribution in [0.4, 0.5) is 11.6 Å². The van der Waals surface area contributed by atoms with E-state index >= 15 is 0 Å². The Bertz CT molecular complexity index is 1110. The molecule has 2 N–H and O–H groups in total. The van der Waals surface area contributed by atoms with Crippen LogP contribution in [0.3, 0.4) is 0 Å². The molecule has 0 aromatic carbocycles. The van der Waals surface area contributed by atoms with E-state index < -0.39 is 0 Å². The van der Waals surface area contributed by atoms with E-state index in [0.717, 1.165) is 60.6 Å². The number of hydrogen-bond acceptors (Lipinski definition) is 9. The summed E-state index contributed by atoms with van der Waals surface area (Å²) in [6.07, 6.45) is 9.27. The van der Waals surface area contributed by atoms with Crippen molar-refractivity contribution < 1.29 is 19.3 Å². The molecule has 0 radical (unpaired) electrons. The number of nitrogens with one attached hydrogen (secondary N) is 1. The van der Waals surface area contributed by atoms with Gasteiger partial charge in [0.2, 0.25) is 5.88 Å². The summed E-state index contributed by atoms with van der Waals surface area (Å²) in [6, 6.07) is 6.28. The van der Waals surface area contributed by atoms with Gasteiger partial charge in [0.05, 0.1) is 26.0 Å². The predicted octanol–water partition coefficient (Wildman–Crippen LogP) is 3.18. The van der Waals surface area contributed by atoms with Crippen molar-refractivity contribution in [1.29, 1.82) is 0 Å². The van der Waals surface area contributed by atoms with Gasteiger partial charge in [-0.15, -0.1) is 0 Å². The Morgan fingerprint density at radius 1 is 1.17 bits per heavy atom. The molecule has 2 fully saturated rings. The van der Waals surface area contributed by atoms with E-state index in [1.165, 1.54) is 6.42 Å². The number of aliphatic hydroxyl groups is 1. The lowest BCUT2D eigenvalue weighted by Crippen LogP contribution is -2.40. The lowest BCUT2D eigenvalue weighted by atomic mass is 9.99. The minimum Gasteiger partial charge on any atom is -0.477 e. The first-order chi connectivity index (χ1) is 17.7. The summed E-state index contributed by atoms with van der Waals surface area (Å²) in [4.78, 5) is 11.8. The minimum absolute atomic E-state index is 0.171. The van der Waals surface area contributed by atoms with Crippen molar-refractivity contribution in [3.63, 3.8) is 0 Å². The van der Waals surface area contributed by atoms with E-state index in [0.29, 0.717) is 44.7 Å². The Morgan fingerprint density at radius 3 is 2.83 bits per heavy atom. The summed E-state index contributed by atoms with van der Waals surface area (Å²) in [7, 11) is 0. The van der Waals surface area contributed by atoms with E-state index in [2.05, 4.69) is 33.3 Å². The Labute approximate surface area is 211 Å². The third-order valence-corrected chi connectivity index (χ3v) is 6.86. The highest BCUT2D eigenvalue weighted by atomic mass is 16.7. The van der Waals surface area contributed by atoms with E-state index in [1.54, 1.807) is 0 Å². The average Bonchev–Trinajstić information content (AvgIpc) is 3.58. The molecule has 0 aliphatic carbocycles. The monoisotopic (exact) mass is 496 g/mol. The first-order valence-corrected chi connectivity index (χ1v) is 13.0. The minimum atomic E-state index is -0.171. The quantitative estimate of drug-likeness (QED) is 0.414. The molecule has 2 aliphatic rings. The van der Waals surface area contributed by atoms with Crippen LogP contribution in [0.2, 0.25) is 0 Å². The summed E-state index contributed by atoms with van der Waals surface area (Å²) in [5.41, 5.74) is 3.03. The highest BCUT2D eigenvalue weighted by molar-refractivity contribution is 5.61. The number of hydrogen-bond donors (Lipinski definition) is 2. The Kier molecular flexibility index (Phi) is 8.15. The second-order valence-electron chi connectivity index (χ2n) is 9.28. The molecule has 0 spiro atoms. The molecule has 3 aromatic rings. The molecule has 0 saturated carbocycles. The van der Waals surface area contributed by atoms with Gasteiger partial charge < -0.3 is 29.5 Å². The molecule has 0 bridgehead atoms. The fraction of sp³-hybridized carbons (Fsp3) is 0.577. The molecule has 0 unspecified atom stereocenters. The topological polar surface area (TPSA) is 106 Å². The van der Waals surface area contributed by atoms with Gasteiger partial charge in [-0.3, -0.25) is 0 Å². The number of aryl methyl sites for hydroxylation is 1. The van der Waals surface area contributed by atoms with Gasteiger partial charge in [0, 0.05) is 56.1 Å². The summed E-state index contributed by atoms with van der Waals surface area (Å²) in [6.45, 7) is 5.66. The number of rotatable bonds is 11. The van der Waals surface area contributed by atoms with Crippen LogP contribution in [0.1, 0.15) is 50.2 Å². The van der Waals surface area contributed by atoms with E-state index in [1.807, 2.05) is 29.0 Å². The van der Waals surface area contributed by atoms with Crippen molar-refractivity contribution in [2.24, 2.45) is 0 Å². The van der Waals surface area contributed by atoms with Crippen LogP contribution in [0.5, 0.6) is 5.88 Å². The van der Waals surface area contributed by atoms with Gasteiger partial charge >= 0.3 is 0 Å². The van der Waals surface area contributed by atoms with E-state index in [-0.39, 0.29) is 12.9 Å². The van der Waals surface area contributed by atoms with Crippen molar-refractivity contribution in [2.45, 2.75) is 64.3 Å². The van der Waals surface area contributed by atoms with Crippen LogP contribution in [-0.2, 0) is 22.4 Å². The first-order valence-electron chi connectivity index (χ1n) is 13.0. The number of aromatic nitrogens is 4. The molecule has 1 atom stereocenters. The highest BCUT2D eigenvalue weighted by Crippen LogP contribution is 2.29. The summed E-state index contributed by atoms with van der Waals surface area (Å²) in [5.74, 6) is 2.42. The smallest absolute Gasteiger partial charge is 0.213 e. The summed E-state index contributed by atoms with van der Waals surface area (Å²) < 4.78 is 18.5. The Morgan fingerprint density at radius 2 is 2.06 bits per heavy atom. The van der Waals surface area contributed by atoms with E-state index in [9.17, 15) is 5.11 Å². The van der Waals surface area contributed by atoms with Crippen LogP contribution in [0.25, 0.3) is 5.65 Å². The van der Waals surface area contributed by atoms with Gasteiger partial charge in [0.1, 0.15) is 11.6 Å². The Hall–Kier alpha value is -2.95. The first kappa shape index (κ1) is 24.7. The van der Waals surface area contributed by atoms with Crippen LogP contribution in [-0.4, -0.2) is 70.0 Å². The lowest BCUT2D eigenvalue weighted by molar-refractivity contribution is -0.0533. The van der Waals surface area contributed by atoms with Crippen LogP contribution >= 0.6 is 0 Å². The molecule has 3 aromatic heterocycles. The summed E-state index contributed by atoms with van der Waals surface area (Å²) >= 11 is 0. The SMILES string of the molecule is CCc1cnn2c(NCc3ccc(OCCC4OCCO4)nc3)cc(N3CCCC[C@H]3CCO)nc12. The standard InChI is InChI=1S/C26H36N6O4/c1-2-20-18-29-32-22(15-23(30-26(20)32)31-10-4-3-5-21(31)8-11-33)27-16-19-6-7-24(28-17-19)34-12-9-25-35-13-14-36-25/h6-7,15,17-18,21,25,27,33H,2-5,8-14,16H2,1H3/t21-/m0/s1. The average molecular weight is 497 g/mol. The molecule has 0 amide bonds. The number of ether oxygens (including phenoxy) is 3. The lowest BCUT2D eigenvalue weighted by Gasteiger charge is -2.36. The second-order valence-corrected chi connectivity index (χ2v) is 9.28. The number of fused-ring (bicyclic) bond motifs is 1. The molecule has 10 nitrogen and oxygen atoms in total. The third-order valence-electron chi connectivity index (χ3n) is 6.86. The van der Waals surface area contributed by atoms with Gasteiger partial charge in [0.25, 0.3) is 0 Å². The highest BCUT2D eigenvalue weighted by Gasteiger charge is 2.25.